The Hall–Kier alpha value is -0.830. The molecule has 2 rings (SSSR count). The molecule has 2 unspecified atom stereocenters. The molecule has 1 aliphatic rings. The van der Waals surface area contributed by atoms with E-state index in [0.29, 0.717) is 5.92 Å². The van der Waals surface area contributed by atoms with E-state index in [1.165, 1.54) is 11.1 Å². The monoisotopic (exact) mass is 281 g/mol. The number of hydrogen-bond donors (Lipinski definition) is 1. The molecular weight excluding hydrogens is 266 g/mol. The van der Waals surface area contributed by atoms with Gasteiger partial charge in [0.25, 0.3) is 0 Å². The summed E-state index contributed by atoms with van der Waals surface area (Å²) in [5.41, 5.74) is 2.82. The van der Waals surface area contributed by atoms with E-state index in [-0.39, 0.29) is 10.7 Å². The van der Waals surface area contributed by atoms with Gasteiger partial charge in [0.05, 0.1) is 4.83 Å². The third-order valence-corrected chi connectivity index (χ3v) is 4.19. The lowest BCUT2D eigenvalue weighted by Crippen LogP contribution is -2.36. The Morgan fingerprint density at radius 1 is 1.56 bits per heavy atom. The van der Waals surface area contributed by atoms with Crippen molar-refractivity contribution in [2.75, 3.05) is 6.54 Å². The van der Waals surface area contributed by atoms with E-state index in [0.717, 1.165) is 19.4 Å². The highest BCUT2D eigenvalue weighted by molar-refractivity contribution is 9.10. The summed E-state index contributed by atoms with van der Waals surface area (Å²) in [6.45, 7) is 2.76. The average Bonchev–Trinajstić information content (AvgIpc) is 2.29. The van der Waals surface area contributed by atoms with E-state index in [1.807, 2.05) is 6.92 Å². The Morgan fingerprint density at radius 2 is 2.31 bits per heavy atom. The molecule has 1 aromatic carbocycles. The molecule has 1 aromatic rings. The molecule has 0 radical (unpaired) electrons. The van der Waals surface area contributed by atoms with Crippen molar-refractivity contribution in [3.63, 3.8) is 0 Å². The van der Waals surface area contributed by atoms with E-state index < -0.39 is 0 Å². The standard InChI is InChI=1S/C13H16BrNO/c1-2-12(14)13(16)15-8-10-7-9-5-3-4-6-11(9)10/h3-6,10,12H,2,7-8H2,1H3,(H,15,16). The number of alkyl halides is 1. The molecular formula is C13H16BrNO. The summed E-state index contributed by atoms with van der Waals surface area (Å²) in [5, 5.41) is 2.99. The Kier molecular flexibility index (Phi) is 3.64. The zero-order valence-electron chi connectivity index (χ0n) is 9.37. The first-order valence-corrected chi connectivity index (χ1v) is 6.63. The van der Waals surface area contributed by atoms with Crippen LogP contribution in [0.25, 0.3) is 0 Å². The molecule has 0 bridgehead atoms. The number of fused-ring (bicyclic) bond motifs is 1. The summed E-state index contributed by atoms with van der Waals surface area (Å²) in [6.07, 6.45) is 1.92. The predicted molar refractivity (Wildman–Crippen MR) is 68.9 cm³/mol. The molecule has 0 fully saturated rings. The topological polar surface area (TPSA) is 29.1 Å². The average molecular weight is 282 g/mol. The second-order valence-electron chi connectivity index (χ2n) is 4.22. The lowest BCUT2D eigenvalue weighted by atomic mass is 9.77. The summed E-state index contributed by atoms with van der Waals surface area (Å²) in [7, 11) is 0. The minimum absolute atomic E-state index is 0.0529. The van der Waals surface area contributed by atoms with Crippen LogP contribution < -0.4 is 5.32 Å². The normalized spacial score (nSPS) is 19.5. The summed E-state index contributed by atoms with van der Waals surface area (Å²) in [5.74, 6) is 0.614. The number of halogens is 1. The van der Waals surface area contributed by atoms with Crippen LogP contribution in [0.5, 0.6) is 0 Å². The summed E-state index contributed by atoms with van der Waals surface area (Å²) >= 11 is 3.35. The predicted octanol–water partition coefficient (Wildman–Crippen LogP) is 2.62. The fourth-order valence-corrected chi connectivity index (χ4v) is 2.23. The smallest absolute Gasteiger partial charge is 0.233 e. The lowest BCUT2D eigenvalue weighted by Gasteiger charge is -2.30. The van der Waals surface area contributed by atoms with Crippen LogP contribution >= 0.6 is 15.9 Å². The Morgan fingerprint density at radius 3 is 3.00 bits per heavy atom. The van der Waals surface area contributed by atoms with Gasteiger partial charge in [0.2, 0.25) is 5.91 Å². The first-order chi connectivity index (χ1) is 7.72. The highest BCUT2D eigenvalue weighted by Crippen LogP contribution is 2.33. The second kappa shape index (κ2) is 5.00. The van der Waals surface area contributed by atoms with Gasteiger partial charge in [0.1, 0.15) is 0 Å². The van der Waals surface area contributed by atoms with Gasteiger partial charge in [-0.3, -0.25) is 4.79 Å². The van der Waals surface area contributed by atoms with Crippen LogP contribution in [-0.4, -0.2) is 17.3 Å². The number of benzene rings is 1. The number of nitrogens with one attached hydrogen (secondary N) is 1. The van der Waals surface area contributed by atoms with Crippen LogP contribution in [0.1, 0.15) is 30.4 Å². The van der Waals surface area contributed by atoms with Crippen molar-refractivity contribution < 1.29 is 4.79 Å². The molecule has 0 heterocycles. The Labute approximate surface area is 105 Å². The maximum Gasteiger partial charge on any atom is 0.233 e. The third-order valence-electron chi connectivity index (χ3n) is 3.13. The van der Waals surface area contributed by atoms with Crippen LogP contribution in [0.3, 0.4) is 0 Å². The lowest BCUT2D eigenvalue weighted by molar-refractivity contribution is -0.120. The molecule has 1 N–H and O–H groups in total. The molecule has 0 saturated carbocycles. The second-order valence-corrected chi connectivity index (χ2v) is 5.33. The fraction of sp³-hybridized carbons (Fsp3) is 0.462. The van der Waals surface area contributed by atoms with Crippen molar-refractivity contribution in [1.82, 2.24) is 5.32 Å². The van der Waals surface area contributed by atoms with E-state index in [2.05, 4.69) is 45.5 Å². The van der Waals surface area contributed by atoms with Gasteiger partial charge in [-0.2, -0.15) is 0 Å². The van der Waals surface area contributed by atoms with Crippen molar-refractivity contribution in [3.8, 4) is 0 Å². The summed E-state index contributed by atoms with van der Waals surface area (Å²) in [6, 6.07) is 8.44. The maximum atomic E-state index is 11.6. The van der Waals surface area contributed by atoms with Crippen LogP contribution in [0.4, 0.5) is 0 Å². The number of carbonyl (C=O) groups is 1. The molecule has 0 spiro atoms. The fourth-order valence-electron chi connectivity index (χ4n) is 2.06. The van der Waals surface area contributed by atoms with Crippen molar-refractivity contribution in [2.45, 2.75) is 30.5 Å². The minimum Gasteiger partial charge on any atom is -0.355 e. The first kappa shape index (κ1) is 11.6. The first-order valence-electron chi connectivity index (χ1n) is 5.72. The summed E-state index contributed by atoms with van der Waals surface area (Å²) in [4.78, 5) is 11.5. The van der Waals surface area contributed by atoms with E-state index in [9.17, 15) is 4.79 Å². The molecule has 3 heteroatoms. The SMILES string of the molecule is CCC(Br)C(=O)NCC1Cc2ccccc21. The molecule has 86 valence electrons. The summed E-state index contributed by atoms with van der Waals surface area (Å²) < 4.78 is 0. The van der Waals surface area contributed by atoms with Gasteiger partial charge in [-0.25, -0.2) is 0 Å². The van der Waals surface area contributed by atoms with Gasteiger partial charge in [0, 0.05) is 12.5 Å². The Bertz CT molecular complexity index is 391. The van der Waals surface area contributed by atoms with Crippen LogP contribution in [-0.2, 0) is 11.2 Å². The number of carbonyl (C=O) groups excluding carboxylic acids is 1. The maximum absolute atomic E-state index is 11.6. The van der Waals surface area contributed by atoms with E-state index in [4.69, 9.17) is 0 Å². The molecule has 2 atom stereocenters. The quantitative estimate of drug-likeness (QED) is 0.845. The number of rotatable bonds is 4. The van der Waals surface area contributed by atoms with Gasteiger partial charge >= 0.3 is 0 Å². The number of amides is 1. The van der Waals surface area contributed by atoms with Crippen LogP contribution in [0.2, 0.25) is 0 Å². The molecule has 0 saturated heterocycles. The van der Waals surface area contributed by atoms with Gasteiger partial charge in [-0.1, -0.05) is 47.1 Å². The van der Waals surface area contributed by atoms with Crippen molar-refractivity contribution >= 4 is 21.8 Å². The van der Waals surface area contributed by atoms with Crippen molar-refractivity contribution in [1.29, 1.82) is 0 Å². The molecule has 1 aliphatic carbocycles. The van der Waals surface area contributed by atoms with Crippen molar-refractivity contribution in [2.24, 2.45) is 0 Å². The molecule has 1 amide bonds. The van der Waals surface area contributed by atoms with Gasteiger partial charge in [-0.05, 0) is 24.0 Å². The van der Waals surface area contributed by atoms with Crippen LogP contribution in [0, 0.1) is 0 Å². The minimum atomic E-state index is -0.0529. The Balaban J connectivity index is 1.84. The van der Waals surface area contributed by atoms with E-state index in [1.54, 1.807) is 0 Å². The van der Waals surface area contributed by atoms with Gasteiger partial charge in [-0.15, -0.1) is 0 Å². The molecule has 16 heavy (non-hydrogen) atoms. The molecule has 2 nitrogen and oxygen atoms in total. The molecule has 0 aliphatic heterocycles. The molecule has 0 aromatic heterocycles. The zero-order valence-corrected chi connectivity index (χ0v) is 11.0. The van der Waals surface area contributed by atoms with Crippen molar-refractivity contribution in [3.05, 3.63) is 35.4 Å². The highest BCUT2D eigenvalue weighted by Gasteiger charge is 2.26. The number of hydrogen-bond acceptors (Lipinski definition) is 1. The largest absolute Gasteiger partial charge is 0.355 e. The van der Waals surface area contributed by atoms with Gasteiger partial charge in [0.15, 0.2) is 0 Å². The highest BCUT2D eigenvalue weighted by atomic mass is 79.9. The van der Waals surface area contributed by atoms with Crippen LogP contribution in [0.15, 0.2) is 24.3 Å². The van der Waals surface area contributed by atoms with E-state index >= 15 is 0 Å². The van der Waals surface area contributed by atoms with Gasteiger partial charge < -0.3 is 5.32 Å². The third kappa shape index (κ3) is 2.29. The zero-order chi connectivity index (χ0) is 11.5.